The van der Waals surface area contributed by atoms with Crippen molar-refractivity contribution < 1.29 is 15.3 Å². The average molecular weight is 437 g/mol. The second-order valence-corrected chi connectivity index (χ2v) is 8.90. The Labute approximate surface area is 194 Å². The number of aliphatic hydroxyl groups is 3. The SMILES string of the molecule is CCc1cc(C(C=Cc2ccc(CO)c(CO)c2)(CC)CC)ccc1C=CC(O)C(C)C. The molecule has 0 amide bonds. The molecular formula is C29H40O3. The lowest BCUT2D eigenvalue weighted by Crippen LogP contribution is -2.21. The van der Waals surface area contributed by atoms with Crippen LogP contribution < -0.4 is 0 Å². The zero-order valence-corrected chi connectivity index (χ0v) is 20.3. The molecule has 0 aliphatic heterocycles. The average Bonchev–Trinajstić information content (AvgIpc) is 2.83. The Morgan fingerprint density at radius 2 is 1.53 bits per heavy atom. The third-order valence-corrected chi connectivity index (χ3v) is 6.68. The fourth-order valence-corrected chi connectivity index (χ4v) is 4.11. The molecule has 32 heavy (non-hydrogen) atoms. The number of rotatable bonds is 11. The van der Waals surface area contributed by atoms with Crippen LogP contribution in [-0.4, -0.2) is 21.4 Å². The lowest BCUT2D eigenvalue weighted by atomic mass is 9.74. The van der Waals surface area contributed by atoms with E-state index in [9.17, 15) is 15.3 Å². The van der Waals surface area contributed by atoms with Crippen LogP contribution in [0.2, 0.25) is 0 Å². The predicted octanol–water partition coefficient (Wildman–Crippen LogP) is 6.03. The maximum absolute atomic E-state index is 10.1. The minimum absolute atomic E-state index is 0.0669. The first-order valence-electron chi connectivity index (χ1n) is 11.9. The molecule has 3 heteroatoms. The molecule has 2 aromatic carbocycles. The van der Waals surface area contributed by atoms with Gasteiger partial charge in [0.2, 0.25) is 0 Å². The van der Waals surface area contributed by atoms with E-state index in [1.54, 1.807) is 0 Å². The van der Waals surface area contributed by atoms with E-state index >= 15 is 0 Å². The molecule has 2 aromatic rings. The molecule has 0 bridgehead atoms. The van der Waals surface area contributed by atoms with Gasteiger partial charge < -0.3 is 15.3 Å². The third-order valence-electron chi connectivity index (χ3n) is 6.68. The van der Waals surface area contributed by atoms with Crippen molar-refractivity contribution in [1.82, 2.24) is 0 Å². The van der Waals surface area contributed by atoms with Crippen LogP contribution in [0.5, 0.6) is 0 Å². The minimum Gasteiger partial charge on any atom is -0.392 e. The molecule has 0 spiro atoms. The van der Waals surface area contributed by atoms with Crippen LogP contribution in [0.4, 0.5) is 0 Å². The van der Waals surface area contributed by atoms with Gasteiger partial charge in [-0.1, -0.05) is 89.3 Å². The highest BCUT2D eigenvalue weighted by atomic mass is 16.3. The highest BCUT2D eigenvalue weighted by Gasteiger charge is 2.26. The Balaban J connectivity index is 2.41. The molecule has 0 fully saturated rings. The summed E-state index contributed by atoms with van der Waals surface area (Å²) < 4.78 is 0. The first-order valence-corrected chi connectivity index (χ1v) is 11.9. The normalized spacial score (nSPS) is 13.5. The summed E-state index contributed by atoms with van der Waals surface area (Å²) in [6.07, 6.45) is 10.8. The summed E-state index contributed by atoms with van der Waals surface area (Å²) in [5.74, 6) is 0.200. The Kier molecular flexibility index (Phi) is 9.89. The largest absolute Gasteiger partial charge is 0.392 e. The van der Waals surface area contributed by atoms with Gasteiger partial charge in [0.25, 0.3) is 0 Å². The highest BCUT2D eigenvalue weighted by Crippen LogP contribution is 2.35. The Morgan fingerprint density at radius 1 is 0.844 bits per heavy atom. The van der Waals surface area contributed by atoms with Gasteiger partial charge in [-0.3, -0.25) is 0 Å². The third kappa shape index (κ3) is 6.19. The molecule has 1 atom stereocenters. The van der Waals surface area contributed by atoms with Crippen molar-refractivity contribution in [3.63, 3.8) is 0 Å². The van der Waals surface area contributed by atoms with E-state index in [4.69, 9.17) is 0 Å². The minimum atomic E-state index is -0.436. The number of aliphatic hydroxyl groups excluding tert-OH is 3. The Bertz CT molecular complexity index is 920. The van der Waals surface area contributed by atoms with E-state index in [-0.39, 0.29) is 24.5 Å². The van der Waals surface area contributed by atoms with Crippen molar-refractivity contribution >= 4 is 12.2 Å². The molecule has 0 aliphatic carbocycles. The summed E-state index contributed by atoms with van der Waals surface area (Å²) in [5, 5.41) is 29.2. The van der Waals surface area contributed by atoms with E-state index in [1.807, 2.05) is 44.2 Å². The molecular weight excluding hydrogens is 396 g/mol. The first-order chi connectivity index (χ1) is 15.3. The second-order valence-electron chi connectivity index (χ2n) is 8.90. The molecule has 0 saturated heterocycles. The number of aryl methyl sites for hydroxylation is 1. The maximum Gasteiger partial charge on any atom is 0.0747 e. The lowest BCUT2D eigenvalue weighted by Gasteiger charge is -2.30. The molecule has 0 heterocycles. The molecule has 3 nitrogen and oxygen atoms in total. The summed E-state index contributed by atoms with van der Waals surface area (Å²) in [7, 11) is 0. The quantitative estimate of drug-likeness (QED) is 0.403. The van der Waals surface area contributed by atoms with Crippen LogP contribution in [0.15, 0.2) is 48.6 Å². The Morgan fingerprint density at radius 3 is 2.09 bits per heavy atom. The fraction of sp³-hybridized carbons (Fsp3) is 0.448. The van der Waals surface area contributed by atoms with Gasteiger partial charge in [0.15, 0.2) is 0 Å². The van der Waals surface area contributed by atoms with Gasteiger partial charge in [-0.15, -0.1) is 0 Å². The zero-order chi connectivity index (χ0) is 23.7. The van der Waals surface area contributed by atoms with Crippen LogP contribution in [0.25, 0.3) is 12.2 Å². The standard InChI is InChI=1S/C29H40O3/c1-6-23-18-27(13-11-24(23)12-14-28(32)21(4)5)29(7-2,8-3)16-15-22-9-10-25(19-30)26(17-22)20-31/h9-18,21,28,30-32H,6-8,19-20H2,1-5H3. The zero-order valence-electron chi connectivity index (χ0n) is 20.3. The van der Waals surface area contributed by atoms with Crippen molar-refractivity contribution in [1.29, 1.82) is 0 Å². The second kappa shape index (κ2) is 12.2. The van der Waals surface area contributed by atoms with Gasteiger partial charge in [-0.25, -0.2) is 0 Å². The van der Waals surface area contributed by atoms with E-state index in [2.05, 4.69) is 51.1 Å². The smallest absolute Gasteiger partial charge is 0.0747 e. The monoisotopic (exact) mass is 436 g/mol. The van der Waals surface area contributed by atoms with Crippen molar-refractivity contribution in [2.45, 2.75) is 78.6 Å². The summed E-state index contributed by atoms with van der Waals surface area (Å²) in [4.78, 5) is 0. The van der Waals surface area contributed by atoms with Gasteiger partial charge in [0.1, 0.15) is 0 Å². The summed E-state index contributed by atoms with van der Waals surface area (Å²) >= 11 is 0. The summed E-state index contributed by atoms with van der Waals surface area (Å²) in [6.45, 7) is 10.5. The number of allylic oxidation sites excluding steroid dienone is 1. The van der Waals surface area contributed by atoms with Crippen LogP contribution in [0.3, 0.4) is 0 Å². The molecule has 2 rings (SSSR count). The van der Waals surface area contributed by atoms with E-state index in [0.717, 1.165) is 41.5 Å². The molecule has 0 aromatic heterocycles. The lowest BCUT2D eigenvalue weighted by molar-refractivity contribution is 0.173. The van der Waals surface area contributed by atoms with Gasteiger partial charge >= 0.3 is 0 Å². The van der Waals surface area contributed by atoms with Crippen LogP contribution in [0.1, 0.15) is 80.8 Å². The van der Waals surface area contributed by atoms with Crippen LogP contribution in [-0.2, 0) is 25.0 Å². The number of hydrogen-bond acceptors (Lipinski definition) is 3. The van der Waals surface area contributed by atoms with Crippen LogP contribution in [0, 0.1) is 5.92 Å². The molecule has 174 valence electrons. The van der Waals surface area contributed by atoms with E-state index < -0.39 is 6.10 Å². The molecule has 0 saturated carbocycles. The van der Waals surface area contributed by atoms with Gasteiger partial charge in [0.05, 0.1) is 19.3 Å². The van der Waals surface area contributed by atoms with Crippen molar-refractivity contribution in [3.8, 4) is 0 Å². The maximum atomic E-state index is 10.1. The Hall–Kier alpha value is -2.20. The van der Waals surface area contributed by atoms with E-state index in [1.165, 1.54) is 11.1 Å². The molecule has 3 N–H and O–H groups in total. The van der Waals surface area contributed by atoms with Crippen molar-refractivity contribution in [2.24, 2.45) is 5.92 Å². The van der Waals surface area contributed by atoms with Gasteiger partial charge in [0, 0.05) is 5.41 Å². The highest BCUT2D eigenvalue weighted by molar-refractivity contribution is 5.58. The number of benzene rings is 2. The summed E-state index contributed by atoms with van der Waals surface area (Å²) in [6, 6.07) is 12.5. The molecule has 0 radical (unpaired) electrons. The first kappa shape index (κ1) is 26.1. The van der Waals surface area contributed by atoms with Gasteiger partial charge in [-0.2, -0.15) is 0 Å². The molecule has 0 aliphatic rings. The summed E-state index contributed by atoms with van der Waals surface area (Å²) in [5.41, 5.74) is 6.21. The topological polar surface area (TPSA) is 60.7 Å². The van der Waals surface area contributed by atoms with Crippen molar-refractivity contribution in [2.75, 3.05) is 0 Å². The van der Waals surface area contributed by atoms with Crippen molar-refractivity contribution in [3.05, 3.63) is 81.9 Å². The van der Waals surface area contributed by atoms with Gasteiger partial charge in [-0.05, 0) is 64.6 Å². The van der Waals surface area contributed by atoms with E-state index in [0.29, 0.717) is 0 Å². The number of hydrogen-bond donors (Lipinski definition) is 3. The predicted molar refractivity (Wildman–Crippen MR) is 135 cm³/mol. The fourth-order valence-electron chi connectivity index (χ4n) is 4.11. The van der Waals surface area contributed by atoms with Crippen LogP contribution >= 0.6 is 0 Å². The molecule has 1 unspecified atom stereocenters.